The monoisotopic (exact) mass is 351 g/mol. The normalized spacial score (nSPS) is 10.7. The topological polar surface area (TPSA) is 38.1 Å². The molecule has 1 amide bonds. The summed E-state index contributed by atoms with van der Waals surface area (Å²) in [5.74, 6) is -0.408. The van der Waals surface area contributed by atoms with Crippen LogP contribution in [0.25, 0.3) is 5.69 Å². The average Bonchev–Trinajstić information content (AvgIpc) is 3.06. The van der Waals surface area contributed by atoms with Gasteiger partial charge in [-0.1, -0.05) is 49.7 Å². The second-order valence-electron chi connectivity index (χ2n) is 6.29. The van der Waals surface area contributed by atoms with Crippen LogP contribution in [-0.4, -0.2) is 27.6 Å². The quantitative estimate of drug-likeness (QED) is 0.666. The first-order valence-electron chi connectivity index (χ1n) is 8.72. The predicted octanol–water partition coefficient (Wildman–Crippen LogP) is 4.24. The summed E-state index contributed by atoms with van der Waals surface area (Å²) in [6.07, 6.45) is 3.14. The van der Waals surface area contributed by atoms with Crippen LogP contribution in [0.3, 0.4) is 0 Å². The van der Waals surface area contributed by atoms with Crippen LogP contribution in [0.1, 0.15) is 35.0 Å². The second-order valence-corrected chi connectivity index (χ2v) is 6.29. The van der Waals surface area contributed by atoms with E-state index in [1.165, 1.54) is 12.1 Å². The fourth-order valence-corrected chi connectivity index (χ4v) is 2.99. The van der Waals surface area contributed by atoms with Crippen LogP contribution in [-0.2, 0) is 13.0 Å². The lowest BCUT2D eigenvalue weighted by atomic mass is 10.1. The van der Waals surface area contributed by atoms with Gasteiger partial charge in [0.1, 0.15) is 5.82 Å². The minimum atomic E-state index is -0.325. The molecule has 0 aliphatic heterocycles. The van der Waals surface area contributed by atoms with Crippen molar-refractivity contribution in [2.75, 3.05) is 7.05 Å². The highest BCUT2D eigenvalue weighted by molar-refractivity contribution is 5.95. The Morgan fingerprint density at radius 1 is 1.15 bits per heavy atom. The molecule has 3 aromatic rings. The van der Waals surface area contributed by atoms with Crippen LogP contribution in [0.5, 0.6) is 0 Å². The summed E-state index contributed by atoms with van der Waals surface area (Å²) in [5, 5.41) is 4.36. The number of carbonyl (C=O) groups excluding carboxylic acids is 1. The molecular weight excluding hydrogens is 329 g/mol. The third-order valence-corrected chi connectivity index (χ3v) is 4.25. The zero-order valence-corrected chi connectivity index (χ0v) is 15.0. The number of benzene rings is 2. The van der Waals surface area contributed by atoms with Gasteiger partial charge in [-0.2, -0.15) is 5.10 Å². The molecule has 26 heavy (non-hydrogen) atoms. The van der Waals surface area contributed by atoms with Crippen LogP contribution < -0.4 is 0 Å². The molecule has 0 fully saturated rings. The smallest absolute Gasteiger partial charge is 0.257 e. The van der Waals surface area contributed by atoms with Crippen molar-refractivity contribution in [3.63, 3.8) is 0 Å². The number of halogens is 1. The lowest BCUT2D eigenvalue weighted by Gasteiger charge is -2.18. The van der Waals surface area contributed by atoms with Crippen molar-refractivity contribution in [2.24, 2.45) is 0 Å². The van der Waals surface area contributed by atoms with Crippen molar-refractivity contribution in [3.8, 4) is 5.69 Å². The van der Waals surface area contributed by atoms with Gasteiger partial charge in [-0.3, -0.25) is 4.79 Å². The molecule has 0 bridgehead atoms. The fourth-order valence-electron chi connectivity index (χ4n) is 2.99. The van der Waals surface area contributed by atoms with Crippen LogP contribution in [0.15, 0.2) is 60.8 Å². The van der Waals surface area contributed by atoms with Crippen molar-refractivity contribution in [3.05, 3.63) is 83.4 Å². The Hall–Kier alpha value is -2.95. The number of carbonyl (C=O) groups is 1. The van der Waals surface area contributed by atoms with Crippen LogP contribution in [0, 0.1) is 5.82 Å². The molecule has 4 nitrogen and oxygen atoms in total. The van der Waals surface area contributed by atoms with Crippen LogP contribution in [0.2, 0.25) is 0 Å². The molecule has 5 heteroatoms. The Kier molecular flexibility index (Phi) is 5.46. The van der Waals surface area contributed by atoms with Gasteiger partial charge in [0.05, 0.1) is 23.1 Å². The van der Waals surface area contributed by atoms with Crippen LogP contribution in [0.4, 0.5) is 4.39 Å². The molecule has 0 saturated carbocycles. The van der Waals surface area contributed by atoms with Gasteiger partial charge in [0, 0.05) is 13.6 Å². The van der Waals surface area contributed by atoms with E-state index in [1.54, 1.807) is 35.0 Å². The third kappa shape index (κ3) is 3.82. The standard InChI is InChI=1S/C21H22FN3O/c1-3-8-20-19(14-23-25(20)18-12-7-11-17(22)13-18)21(26)24(2)15-16-9-5-4-6-10-16/h4-7,9-14H,3,8,15H2,1-2H3. The van der Waals surface area contributed by atoms with Gasteiger partial charge >= 0.3 is 0 Å². The third-order valence-electron chi connectivity index (χ3n) is 4.25. The molecule has 3 rings (SSSR count). The van der Waals surface area contributed by atoms with Crippen molar-refractivity contribution in [1.82, 2.24) is 14.7 Å². The highest BCUT2D eigenvalue weighted by Gasteiger charge is 2.21. The molecule has 0 aliphatic rings. The number of nitrogens with zero attached hydrogens (tertiary/aromatic N) is 3. The van der Waals surface area contributed by atoms with E-state index in [0.29, 0.717) is 24.2 Å². The summed E-state index contributed by atoms with van der Waals surface area (Å²) in [6.45, 7) is 2.57. The van der Waals surface area contributed by atoms with Crippen molar-refractivity contribution >= 4 is 5.91 Å². The SMILES string of the molecule is CCCc1c(C(=O)N(C)Cc2ccccc2)cnn1-c1cccc(F)c1. The highest BCUT2D eigenvalue weighted by Crippen LogP contribution is 2.19. The van der Waals surface area contributed by atoms with Gasteiger partial charge in [-0.05, 0) is 30.2 Å². The summed E-state index contributed by atoms with van der Waals surface area (Å²) >= 11 is 0. The van der Waals surface area contributed by atoms with E-state index >= 15 is 0 Å². The van der Waals surface area contributed by atoms with Gasteiger partial charge < -0.3 is 4.90 Å². The van der Waals surface area contributed by atoms with Gasteiger partial charge in [-0.25, -0.2) is 9.07 Å². The minimum Gasteiger partial charge on any atom is -0.337 e. The number of amides is 1. The number of hydrogen-bond acceptors (Lipinski definition) is 2. The largest absolute Gasteiger partial charge is 0.337 e. The molecule has 0 spiro atoms. The Morgan fingerprint density at radius 3 is 2.62 bits per heavy atom. The van der Waals surface area contributed by atoms with E-state index in [1.807, 2.05) is 37.3 Å². The predicted molar refractivity (Wildman–Crippen MR) is 99.8 cm³/mol. The number of hydrogen-bond donors (Lipinski definition) is 0. The van der Waals surface area contributed by atoms with E-state index in [9.17, 15) is 9.18 Å². The molecule has 0 unspecified atom stereocenters. The van der Waals surface area contributed by atoms with Gasteiger partial charge in [0.25, 0.3) is 5.91 Å². The lowest BCUT2D eigenvalue weighted by molar-refractivity contribution is 0.0784. The molecule has 1 aromatic heterocycles. The Morgan fingerprint density at radius 2 is 1.92 bits per heavy atom. The minimum absolute atomic E-state index is 0.0834. The summed E-state index contributed by atoms with van der Waals surface area (Å²) in [4.78, 5) is 14.6. The van der Waals surface area contributed by atoms with Gasteiger partial charge in [0.15, 0.2) is 0 Å². The van der Waals surface area contributed by atoms with Crippen molar-refractivity contribution in [1.29, 1.82) is 0 Å². The maximum Gasteiger partial charge on any atom is 0.257 e. The number of rotatable bonds is 6. The Labute approximate surface area is 152 Å². The van der Waals surface area contributed by atoms with E-state index in [0.717, 1.165) is 17.7 Å². The molecule has 134 valence electrons. The Balaban J connectivity index is 1.90. The summed E-state index contributed by atoms with van der Waals surface area (Å²) in [5.41, 5.74) is 3.06. The molecule has 2 aromatic carbocycles. The van der Waals surface area contributed by atoms with Crippen molar-refractivity contribution in [2.45, 2.75) is 26.3 Å². The second kappa shape index (κ2) is 7.95. The number of aromatic nitrogens is 2. The maximum absolute atomic E-state index is 13.6. The summed E-state index contributed by atoms with van der Waals surface area (Å²) in [7, 11) is 1.78. The fraction of sp³-hybridized carbons (Fsp3) is 0.238. The first kappa shape index (κ1) is 17.9. The van der Waals surface area contributed by atoms with Crippen molar-refractivity contribution < 1.29 is 9.18 Å². The van der Waals surface area contributed by atoms with E-state index < -0.39 is 0 Å². The van der Waals surface area contributed by atoms with E-state index in [-0.39, 0.29) is 11.7 Å². The maximum atomic E-state index is 13.6. The Bertz CT molecular complexity index is 889. The zero-order chi connectivity index (χ0) is 18.5. The highest BCUT2D eigenvalue weighted by atomic mass is 19.1. The first-order valence-corrected chi connectivity index (χ1v) is 8.72. The lowest BCUT2D eigenvalue weighted by Crippen LogP contribution is -2.27. The molecule has 0 N–H and O–H groups in total. The van der Waals surface area contributed by atoms with Gasteiger partial charge in [-0.15, -0.1) is 0 Å². The molecular formula is C21H22FN3O. The van der Waals surface area contributed by atoms with Gasteiger partial charge in [0.2, 0.25) is 0 Å². The molecule has 0 aliphatic carbocycles. The summed E-state index contributed by atoms with van der Waals surface area (Å²) < 4.78 is 15.3. The summed E-state index contributed by atoms with van der Waals surface area (Å²) in [6, 6.07) is 16.1. The van der Waals surface area contributed by atoms with E-state index in [2.05, 4.69) is 5.10 Å². The first-order chi connectivity index (χ1) is 12.6. The average molecular weight is 351 g/mol. The zero-order valence-electron chi connectivity index (χ0n) is 15.0. The molecule has 0 radical (unpaired) electrons. The van der Waals surface area contributed by atoms with E-state index in [4.69, 9.17) is 0 Å². The molecule has 0 atom stereocenters. The molecule has 0 saturated heterocycles. The van der Waals surface area contributed by atoms with Crippen LogP contribution >= 0.6 is 0 Å². The molecule has 1 heterocycles.